The van der Waals surface area contributed by atoms with Gasteiger partial charge in [-0.15, -0.1) is 0 Å². The van der Waals surface area contributed by atoms with Gasteiger partial charge in [0.05, 0.1) is 0 Å². The molecule has 0 atom stereocenters. The van der Waals surface area contributed by atoms with Crippen LogP contribution in [0.1, 0.15) is 5.56 Å². The third-order valence-electron chi connectivity index (χ3n) is 4.08. The van der Waals surface area contributed by atoms with Gasteiger partial charge in [0.25, 0.3) is 0 Å². The summed E-state index contributed by atoms with van der Waals surface area (Å²) in [5.41, 5.74) is 5.10. The van der Waals surface area contributed by atoms with Gasteiger partial charge in [0.15, 0.2) is 0 Å². The Balaban J connectivity index is 2.15. The zero-order valence-corrected chi connectivity index (χ0v) is 16.1. The first-order chi connectivity index (χ1) is 10.5. The van der Waals surface area contributed by atoms with Gasteiger partial charge in [0, 0.05) is 0 Å². The molecule has 0 radical (unpaired) electrons. The van der Waals surface area contributed by atoms with Crippen molar-refractivity contribution in [1.82, 2.24) is 0 Å². The fraction of sp³-hybridized carbons (Fsp3) is 0.150. The average molecular weight is 392 g/mol. The molecule has 1 aromatic carbocycles. The van der Waals surface area contributed by atoms with E-state index in [0.717, 1.165) is 27.8 Å². The first-order valence-corrected chi connectivity index (χ1v) is 17.5. The second kappa shape index (κ2) is 5.78. The first-order valence-electron chi connectivity index (χ1n) is 7.53. The predicted molar refractivity (Wildman–Crippen MR) is 96.2 cm³/mol. The number of nitriles is 1. The van der Waals surface area contributed by atoms with Gasteiger partial charge in [-0.25, -0.2) is 0 Å². The second-order valence-corrected chi connectivity index (χ2v) is 21.1. The minimum atomic E-state index is -2.02. The Morgan fingerprint density at radius 2 is 1.45 bits per heavy atom. The molecule has 0 saturated heterocycles. The quantitative estimate of drug-likeness (QED) is 0.571. The van der Waals surface area contributed by atoms with Gasteiger partial charge in [0.1, 0.15) is 0 Å². The van der Waals surface area contributed by atoms with Crippen molar-refractivity contribution < 1.29 is 0 Å². The minimum absolute atomic E-state index is 0.776. The number of nitrogens with zero attached hydrogens (tertiary/aromatic N) is 1. The molecule has 0 saturated carbocycles. The van der Waals surface area contributed by atoms with Crippen molar-refractivity contribution in [2.24, 2.45) is 0 Å². The summed E-state index contributed by atoms with van der Waals surface area (Å²) in [7, 11) is 0. The molecule has 0 aromatic heterocycles. The van der Waals surface area contributed by atoms with Gasteiger partial charge in [-0.05, 0) is 0 Å². The second-order valence-electron chi connectivity index (χ2n) is 6.65. The molecule has 0 bridgehead atoms. The van der Waals surface area contributed by atoms with Gasteiger partial charge < -0.3 is 0 Å². The number of rotatable bonds is 2. The van der Waals surface area contributed by atoms with Crippen molar-refractivity contribution in [2.45, 2.75) is 14.8 Å². The summed E-state index contributed by atoms with van der Waals surface area (Å²) in [6.45, 7) is 0. The molecule has 2 aliphatic carbocycles. The van der Waals surface area contributed by atoms with Crippen molar-refractivity contribution in [2.75, 3.05) is 0 Å². The summed E-state index contributed by atoms with van der Waals surface area (Å²) in [5.74, 6) is 0. The number of hydrogen-bond acceptors (Lipinski definition) is 1. The SMILES string of the molecule is [CH3][Sn]([CH3])([CH3])[c]1ccc(-c2cc3cccccc-3c2C#N)cc1. The molecule has 0 heterocycles. The molecule has 0 spiro atoms. The van der Waals surface area contributed by atoms with Gasteiger partial charge in [-0.3, -0.25) is 0 Å². The molecular formula is C20H19NSn. The van der Waals surface area contributed by atoms with E-state index in [1.165, 1.54) is 3.58 Å². The monoisotopic (exact) mass is 393 g/mol. The number of fused-ring (bicyclic) bond motifs is 1. The summed E-state index contributed by atoms with van der Waals surface area (Å²) in [4.78, 5) is 7.25. The van der Waals surface area contributed by atoms with Crippen molar-refractivity contribution >= 4 is 22.0 Å². The van der Waals surface area contributed by atoms with Gasteiger partial charge >= 0.3 is 137 Å². The Kier molecular flexibility index (Phi) is 3.97. The van der Waals surface area contributed by atoms with Crippen LogP contribution in [-0.2, 0) is 0 Å². The zero-order valence-electron chi connectivity index (χ0n) is 13.2. The maximum atomic E-state index is 9.59. The van der Waals surface area contributed by atoms with Crippen molar-refractivity contribution in [3.63, 3.8) is 0 Å². The van der Waals surface area contributed by atoms with Gasteiger partial charge in [-0.1, -0.05) is 0 Å². The van der Waals surface area contributed by atoms with Crippen molar-refractivity contribution in [3.05, 3.63) is 66.2 Å². The molecular weight excluding hydrogens is 373 g/mol. The van der Waals surface area contributed by atoms with Crippen LogP contribution < -0.4 is 3.58 Å². The predicted octanol–water partition coefficient (Wildman–Crippen LogP) is 4.88. The Hall–Kier alpha value is -1.79. The van der Waals surface area contributed by atoms with E-state index in [4.69, 9.17) is 0 Å². The summed E-state index contributed by atoms with van der Waals surface area (Å²) in [6.07, 6.45) is 0. The third-order valence-corrected chi connectivity index (χ3v) is 9.98. The number of hydrogen-bond donors (Lipinski definition) is 0. The molecule has 0 fully saturated rings. The summed E-state index contributed by atoms with van der Waals surface area (Å²) < 4.78 is 1.51. The summed E-state index contributed by atoms with van der Waals surface area (Å²) in [5, 5.41) is 9.59. The van der Waals surface area contributed by atoms with Crippen molar-refractivity contribution in [1.29, 1.82) is 5.26 Å². The molecule has 108 valence electrons. The Labute approximate surface area is 136 Å². The van der Waals surface area contributed by atoms with E-state index >= 15 is 0 Å². The zero-order chi connectivity index (χ0) is 15.7. The fourth-order valence-corrected chi connectivity index (χ4v) is 6.12. The van der Waals surface area contributed by atoms with Crippen LogP contribution in [-0.4, -0.2) is 18.4 Å². The van der Waals surface area contributed by atoms with E-state index in [1.807, 2.05) is 24.3 Å². The van der Waals surface area contributed by atoms with E-state index in [-0.39, 0.29) is 0 Å². The molecule has 2 aliphatic rings. The van der Waals surface area contributed by atoms with Gasteiger partial charge in [0.2, 0.25) is 0 Å². The Morgan fingerprint density at radius 3 is 2.09 bits per heavy atom. The van der Waals surface area contributed by atoms with Crippen molar-refractivity contribution in [3.8, 4) is 28.3 Å². The molecule has 3 rings (SSSR count). The molecule has 1 aromatic rings. The molecule has 22 heavy (non-hydrogen) atoms. The first kappa shape index (κ1) is 15.1. The van der Waals surface area contributed by atoms with Crippen LogP contribution in [0.3, 0.4) is 0 Å². The van der Waals surface area contributed by atoms with E-state index < -0.39 is 18.4 Å². The summed E-state index contributed by atoms with van der Waals surface area (Å²) >= 11 is -2.02. The van der Waals surface area contributed by atoms with Crippen LogP contribution in [0.2, 0.25) is 14.8 Å². The van der Waals surface area contributed by atoms with Crippen LogP contribution in [0.25, 0.3) is 22.3 Å². The van der Waals surface area contributed by atoms with Crippen LogP contribution in [0.15, 0.2) is 60.7 Å². The van der Waals surface area contributed by atoms with E-state index in [1.54, 1.807) is 0 Å². The van der Waals surface area contributed by atoms with Crippen LogP contribution >= 0.6 is 0 Å². The van der Waals surface area contributed by atoms with Crippen LogP contribution in [0.5, 0.6) is 0 Å². The fourth-order valence-electron chi connectivity index (χ4n) is 2.79. The molecule has 0 amide bonds. The topological polar surface area (TPSA) is 23.8 Å². The summed E-state index contributed by atoms with van der Waals surface area (Å²) in [6, 6.07) is 23.5. The normalized spacial score (nSPS) is 11.4. The van der Waals surface area contributed by atoms with E-state index in [9.17, 15) is 5.26 Å². The Bertz CT molecular complexity index is 820. The average Bonchev–Trinajstić information content (AvgIpc) is 2.68. The molecule has 2 heteroatoms. The molecule has 0 aliphatic heterocycles. The van der Waals surface area contributed by atoms with Gasteiger partial charge in [-0.2, -0.15) is 0 Å². The van der Waals surface area contributed by atoms with E-state index in [0.29, 0.717) is 0 Å². The maximum absolute atomic E-state index is 9.59. The standard InChI is InChI=1S/C17H10N.3CH3.Sn/c18-12-17-15-10-6-2-5-9-14(15)11-16(17)13-7-3-1-4-8-13;;;;/h2-11H;3*1H3;. The molecule has 0 unspecified atom stereocenters. The number of benzene rings is 1. The van der Waals surface area contributed by atoms with Crippen LogP contribution in [0, 0.1) is 11.3 Å². The van der Waals surface area contributed by atoms with Crippen LogP contribution in [0.4, 0.5) is 0 Å². The van der Waals surface area contributed by atoms with E-state index in [2.05, 4.69) is 57.3 Å². The Morgan fingerprint density at radius 1 is 0.773 bits per heavy atom. The molecule has 1 nitrogen and oxygen atoms in total. The third kappa shape index (κ3) is 2.76. The molecule has 0 N–H and O–H groups in total.